The summed E-state index contributed by atoms with van der Waals surface area (Å²) in [6.07, 6.45) is 1.20. The van der Waals surface area contributed by atoms with E-state index in [1.807, 2.05) is 26.0 Å². The highest BCUT2D eigenvalue weighted by Gasteiger charge is 2.16. The average molecular weight is 427 g/mol. The van der Waals surface area contributed by atoms with Crippen LogP contribution in [0.4, 0.5) is 5.13 Å². The molecule has 2 heterocycles. The minimum atomic E-state index is -0.734. The number of nitrogens with one attached hydrogen (secondary N) is 1. The Bertz CT molecular complexity index is 1400. The van der Waals surface area contributed by atoms with E-state index in [2.05, 4.69) is 15.0 Å². The van der Waals surface area contributed by atoms with Crippen LogP contribution < -0.4 is 11.2 Å². The third-order valence-electron chi connectivity index (χ3n) is 4.37. The van der Waals surface area contributed by atoms with Crippen molar-refractivity contribution in [3.63, 3.8) is 0 Å². The summed E-state index contributed by atoms with van der Waals surface area (Å²) in [7, 11) is 0. The monoisotopic (exact) mass is 426 g/mol. The lowest BCUT2D eigenvalue weighted by Crippen LogP contribution is -2.31. The first-order valence-corrected chi connectivity index (χ1v) is 9.79. The van der Waals surface area contributed by atoms with E-state index in [4.69, 9.17) is 11.6 Å². The smallest absolute Gasteiger partial charge is 0.335 e. The topological polar surface area (TPSA) is 100 Å². The number of halogens is 1. The third-order valence-corrected chi connectivity index (χ3v) is 5.53. The van der Waals surface area contributed by atoms with E-state index in [0.29, 0.717) is 15.8 Å². The number of benzene rings is 2. The van der Waals surface area contributed by atoms with Gasteiger partial charge < -0.3 is 5.11 Å². The summed E-state index contributed by atoms with van der Waals surface area (Å²) in [5.74, 6) is -0.486. The number of aromatic hydroxyl groups is 1. The van der Waals surface area contributed by atoms with Crippen LogP contribution in [-0.4, -0.2) is 25.9 Å². The molecule has 0 aliphatic carbocycles. The quantitative estimate of drug-likeness (QED) is 0.486. The summed E-state index contributed by atoms with van der Waals surface area (Å²) >= 11 is 7.28. The maximum Gasteiger partial charge on any atom is 0.335 e. The second kappa shape index (κ2) is 7.31. The number of rotatable bonds is 3. The van der Waals surface area contributed by atoms with Crippen molar-refractivity contribution in [1.82, 2.24) is 14.5 Å². The first-order chi connectivity index (χ1) is 13.8. The molecular weight excluding hydrogens is 412 g/mol. The minimum Gasteiger partial charge on any atom is -0.493 e. The highest BCUT2D eigenvalue weighted by Crippen LogP contribution is 2.30. The lowest BCUT2D eigenvalue weighted by atomic mass is 10.1. The van der Waals surface area contributed by atoms with Crippen LogP contribution in [0.5, 0.6) is 5.88 Å². The normalized spacial score (nSPS) is 11.6. The highest BCUT2D eigenvalue weighted by atomic mass is 35.5. The molecule has 9 heteroatoms. The van der Waals surface area contributed by atoms with E-state index in [1.54, 1.807) is 24.3 Å². The summed E-state index contributed by atoms with van der Waals surface area (Å²) in [4.78, 5) is 35.5. The van der Waals surface area contributed by atoms with Gasteiger partial charge in [-0.25, -0.2) is 19.3 Å². The number of thiazole rings is 1. The van der Waals surface area contributed by atoms with Crippen LogP contribution in [0.25, 0.3) is 15.9 Å². The van der Waals surface area contributed by atoms with Gasteiger partial charge in [0, 0.05) is 11.2 Å². The van der Waals surface area contributed by atoms with Gasteiger partial charge in [-0.05, 0) is 49.2 Å². The Hall–Kier alpha value is -3.23. The van der Waals surface area contributed by atoms with Crippen LogP contribution >= 0.6 is 22.9 Å². The lowest BCUT2D eigenvalue weighted by molar-refractivity contribution is 0.430. The van der Waals surface area contributed by atoms with Gasteiger partial charge in [-0.2, -0.15) is 0 Å². The maximum absolute atomic E-state index is 12.4. The van der Waals surface area contributed by atoms with E-state index in [-0.39, 0.29) is 5.56 Å². The third kappa shape index (κ3) is 3.59. The van der Waals surface area contributed by atoms with Crippen molar-refractivity contribution in [3.05, 3.63) is 78.9 Å². The predicted molar refractivity (Wildman–Crippen MR) is 116 cm³/mol. The molecule has 4 rings (SSSR count). The number of nitrogens with zero attached hydrogens (tertiary/aromatic N) is 3. The van der Waals surface area contributed by atoms with Gasteiger partial charge in [0.25, 0.3) is 5.56 Å². The standard InChI is InChI=1S/C20H15ClN4O3S/c1-10-3-4-11(2)15(7-10)25-18(27)13(17(26)24-20(25)28)9-22-19-23-14-6-5-12(21)8-16(14)29-19/h3-9,27H,1-2H3,(H,24,26,28). The van der Waals surface area contributed by atoms with E-state index in [1.165, 1.54) is 17.6 Å². The highest BCUT2D eigenvalue weighted by molar-refractivity contribution is 7.22. The molecule has 2 aromatic heterocycles. The van der Waals surface area contributed by atoms with Crippen LogP contribution in [-0.2, 0) is 0 Å². The molecule has 0 unspecified atom stereocenters. The zero-order valence-electron chi connectivity index (χ0n) is 15.4. The van der Waals surface area contributed by atoms with Crippen LogP contribution in [0, 0.1) is 13.8 Å². The Kier molecular flexibility index (Phi) is 4.81. The molecule has 0 aliphatic heterocycles. The first-order valence-electron chi connectivity index (χ1n) is 8.59. The van der Waals surface area contributed by atoms with Crippen molar-refractivity contribution < 1.29 is 5.11 Å². The summed E-state index contributed by atoms with van der Waals surface area (Å²) in [6.45, 7) is 3.68. The van der Waals surface area contributed by atoms with Gasteiger partial charge in [-0.15, -0.1) is 0 Å². The van der Waals surface area contributed by atoms with Crippen molar-refractivity contribution in [1.29, 1.82) is 0 Å². The van der Waals surface area contributed by atoms with Crippen molar-refractivity contribution in [3.8, 4) is 11.6 Å². The molecule has 0 saturated carbocycles. The Morgan fingerprint density at radius 2 is 2.00 bits per heavy atom. The van der Waals surface area contributed by atoms with Gasteiger partial charge in [-0.3, -0.25) is 9.78 Å². The largest absolute Gasteiger partial charge is 0.493 e. The van der Waals surface area contributed by atoms with Crippen LogP contribution in [0.3, 0.4) is 0 Å². The fraction of sp³-hybridized carbons (Fsp3) is 0.100. The van der Waals surface area contributed by atoms with Gasteiger partial charge in [0.1, 0.15) is 5.56 Å². The SMILES string of the molecule is Cc1ccc(C)c(-n2c(O)c(C=Nc3nc4ccc(Cl)cc4s3)c(=O)[nH]c2=O)c1. The van der Waals surface area contributed by atoms with E-state index < -0.39 is 17.1 Å². The van der Waals surface area contributed by atoms with Crippen molar-refractivity contribution >= 4 is 44.5 Å². The predicted octanol–water partition coefficient (Wildman–Crippen LogP) is 3.86. The fourth-order valence-corrected chi connectivity index (χ4v) is 3.99. The number of fused-ring (bicyclic) bond motifs is 1. The summed E-state index contributed by atoms with van der Waals surface area (Å²) in [5.41, 5.74) is 1.29. The second-order valence-electron chi connectivity index (χ2n) is 6.49. The van der Waals surface area contributed by atoms with Crippen LogP contribution in [0.1, 0.15) is 16.7 Å². The van der Waals surface area contributed by atoms with E-state index in [9.17, 15) is 14.7 Å². The molecule has 146 valence electrons. The number of aromatic nitrogens is 3. The number of hydrogen-bond acceptors (Lipinski definition) is 6. The van der Waals surface area contributed by atoms with Crippen LogP contribution in [0.2, 0.25) is 5.02 Å². The Morgan fingerprint density at radius 1 is 1.21 bits per heavy atom. The fourth-order valence-electron chi connectivity index (χ4n) is 2.90. The molecule has 2 aromatic carbocycles. The molecule has 0 bridgehead atoms. The van der Waals surface area contributed by atoms with Crippen LogP contribution in [0.15, 0.2) is 51.0 Å². The number of hydrogen-bond donors (Lipinski definition) is 2. The molecule has 0 fully saturated rings. The number of aromatic amines is 1. The first kappa shape index (κ1) is 19.1. The molecule has 2 N–H and O–H groups in total. The summed E-state index contributed by atoms with van der Waals surface area (Å²) in [6, 6.07) is 10.8. The number of H-pyrrole nitrogens is 1. The van der Waals surface area contributed by atoms with Gasteiger partial charge >= 0.3 is 5.69 Å². The van der Waals surface area contributed by atoms with Gasteiger partial charge in [0.2, 0.25) is 11.0 Å². The Balaban J connectivity index is 1.83. The lowest BCUT2D eigenvalue weighted by Gasteiger charge is -2.12. The molecule has 0 aliphatic rings. The molecule has 4 aromatic rings. The number of aryl methyl sites for hydroxylation is 2. The molecule has 0 amide bonds. The van der Waals surface area contributed by atoms with Crippen molar-refractivity contribution in [2.24, 2.45) is 4.99 Å². The summed E-state index contributed by atoms with van der Waals surface area (Å²) < 4.78 is 1.91. The Labute approximate surface area is 173 Å². The average Bonchev–Trinajstić information content (AvgIpc) is 3.06. The molecule has 0 radical (unpaired) electrons. The molecule has 29 heavy (non-hydrogen) atoms. The minimum absolute atomic E-state index is 0.136. The van der Waals surface area contributed by atoms with E-state index in [0.717, 1.165) is 25.9 Å². The zero-order chi connectivity index (χ0) is 20.7. The van der Waals surface area contributed by atoms with Crippen molar-refractivity contribution in [2.75, 3.05) is 0 Å². The van der Waals surface area contributed by atoms with Crippen molar-refractivity contribution in [2.45, 2.75) is 13.8 Å². The molecule has 0 spiro atoms. The van der Waals surface area contributed by atoms with Gasteiger partial charge in [0.05, 0.1) is 15.9 Å². The second-order valence-corrected chi connectivity index (χ2v) is 7.93. The molecular formula is C20H15ClN4O3S. The summed E-state index contributed by atoms with van der Waals surface area (Å²) in [5, 5.41) is 11.7. The molecule has 0 saturated heterocycles. The Morgan fingerprint density at radius 3 is 2.79 bits per heavy atom. The van der Waals surface area contributed by atoms with Gasteiger partial charge in [-0.1, -0.05) is 35.1 Å². The maximum atomic E-state index is 12.4. The van der Waals surface area contributed by atoms with E-state index >= 15 is 0 Å². The van der Waals surface area contributed by atoms with Gasteiger partial charge in [0.15, 0.2) is 0 Å². The molecule has 7 nitrogen and oxygen atoms in total. The molecule has 0 atom stereocenters. The number of aliphatic imine (C=N–C) groups is 1. The zero-order valence-corrected chi connectivity index (χ0v) is 17.0.